The van der Waals surface area contributed by atoms with Gasteiger partial charge in [-0.05, 0) is 32.0 Å². The number of anilines is 1. The molecule has 4 nitrogen and oxygen atoms in total. The van der Waals surface area contributed by atoms with E-state index in [0.29, 0.717) is 10.7 Å². The standard InChI is InChI=1S/C12H14N2O2S2/c1-8-9(2)17-12(14-8)7-18(15,16)11-5-3-4-10(13)6-11/h3-6H,7,13H2,1-2H3. The van der Waals surface area contributed by atoms with Gasteiger partial charge in [-0.3, -0.25) is 0 Å². The second-order valence-electron chi connectivity index (χ2n) is 4.08. The molecule has 0 aliphatic rings. The highest BCUT2D eigenvalue weighted by molar-refractivity contribution is 7.90. The van der Waals surface area contributed by atoms with Gasteiger partial charge >= 0.3 is 0 Å². The molecule has 1 aromatic heterocycles. The van der Waals surface area contributed by atoms with Crippen LogP contribution in [0.1, 0.15) is 15.6 Å². The van der Waals surface area contributed by atoms with Crippen molar-refractivity contribution < 1.29 is 8.42 Å². The lowest BCUT2D eigenvalue weighted by atomic mass is 10.3. The van der Waals surface area contributed by atoms with Crippen molar-refractivity contribution in [1.82, 2.24) is 4.98 Å². The first kappa shape index (κ1) is 13.0. The van der Waals surface area contributed by atoms with Crippen LogP contribution in [0.15, 0.2) is 29.2 Å². The van der Waals surface area contributed by atoms with Gasteiger partial charge in [-0.2, -0.15) is 0 Å². The number of nitrogens with zero attached hydrogens (tertiary/aromatic N) is 1. The molecule has 0 bridgehead atoms. The van der Waals surface area contributed by atoms with Gasteiger partial charge in [-0.25, -0.2) is 13.4 Å². The second-order valence-corrected chi connectivity index (χ2v) is 7.36. The molecule has 2 aromatic rings. The van der Waals surface area contributed by atoms with E-state index >= 15 is 0 Å². The maximum atomic E-state index is 12.2. The Balaban J connectivity index is 2.33. The Morgan fingerprint density at radius 3 is 2.61 bits per heavy atom. The lowest BCUT2D eigenvalue weighted by molar-refractivity contribution is 0.595. The van der Waals surface area contributed by atoms with Gasteiger partial charge in [0.15, 0.2) is 9.84 Å². The largest absolute Gasteiger partial charge is 0.399 e. The number of thiazole rings is 1. The molecule has 0 fully saturated rings. The number of nitrogen functional groups attached to an aromatic ring is 1. The summed E-state index contributed by atoms with van der Waals surface area (Å²) in [6, 6.07) is 6.33. The van der Waals surface area contributed by atoms with Gasteiger partial charge in [0.1, 0.15) is 10.8 Å². The molecule has 0 unspecified atom stereocenters. The van der Waals surface area contributed by atoms with Gasteiger partial charge < -0.3 is 5.73 Å². The molecule has 0 radical (unpaired) electrons. The molecule has 6 heteroatoms. The fraction of sp³-hybridized carbons (Fsp3) is 0.250. The highest BCUT2D eigenvalue weighted by Gasteiger charge is 2.18. The van der Waals surface area contributed by atoms with Crippen molar-refractivity contribution in [3.8, 4) is 0 Å². The minimum absolute atomic E-state index is 0.0736. The molecule has 0 aliphatic heterocycles. The van der Waals surface area contributed by atoms with Crippen LogP contribution in [0.3, 0.4) is 0 Å². The van der Waals surface area contributed by atoms with E-state index in [0.717, 1.165) is 10.6 Å². The number of sulfone groups is 1. The molecule has 0 saturated heterocycles. The molecule has 0 amide bonds. The highest BCUT2D eigenvalue weighted by Crippen LogP contribution is 2.23. The van der Waals surface area contributed by atoms with E-state index in [4.69, 9.17) is 5.73 Å². The van der Waals surface area contributed by atoms with Crippen molar-refractivity contribution >= 4 is 26.9 Å². The van der Waals surface area contributed by atoms with Gasteiger partial charge in [0.2, 0.25) is 0 Å². The summed E-state index contributed by atoms with van der Waals surface area (Å²) in [6.45, 7) is 3.81. The van der Waals surface area contributed by atoms with E-state index in [1.807, 2.05) is 13.8 Å². The lowest BCUT2D eigenvalue weighted by Crippen LogP contribution is -2.05. The topological polar surface area (TPSA) is 73.0 Å². The number of hydrogen-bond acceptors (Lipinski definition) is 5. The molecule has 0 spiro atoms. The maximum absolute atomic E-state index is 12.2. The monoisotopic (exact) mass is 282 g/mol. The van der Waals surface area contributed by atoms with E-state index in [9.17, 15) is 8.42 Å². The summed E-state index contributed by atoms with van der Waals surface area (Å²) < 4.78 is 24.4. The minimum Gasteiger partial charge on any atom is -0.399 e. The first-order valence-electron chi connectivity index (χ1n) is 5.40. The number of rotatable bonds is 3. The first-order valence-corrected chi connectivity index (χ1v) is 7.86. The quantitative estimate of drug-likeness (QED) is 0.877. The van der Waals surface area contributed by atoms with Crippen LogP contribution >= 0.6 is 11.3 Å². The number of aromatic nitrogens is 1. The zero-order valence-corrected chi connectivity index (χ0v) is 11.8. The third kappa shape index (κ3) is 2.70. The predicted molar refractivity (Wildman–Crippen MR) is 73.3 cm³/mol. The van der Waals surface area contributed by atoms with Crippen LogP contribution in [-0.2, 0) is 15.6 Å². The minimum atomic E-state index is -3.37. The second kappa shape index (κ2) is 4.70. The Hall–Kier alpha value is -1.40. The van der Waals surface area contributed by atoms with Gasteiger partial charge in [-0.1, -0.05) is 6.07 Å². The summed E-state index contributed by atoms with van der Waals surface area (Å²) in [5, 5.41) is 0.618. The van der Waals surface area contributed by atoms with E-state index in [-0.39, 0.29) is 10.6 Å². The Labute approximate surface area is 110 Å². The molecule has 2 N–H and O–H groups in total. The summed E-state index contributed by atoms with van der Waals surface area (Å²) in [7, 11) is -3.37. The predicted octanol–water partition coefficient (Wildman–Crippen LogP) is 2.32. The van der Waals surface area contributed by atoms with E-state index in [2.05, 4.69) is 4.98 Å². The summed E-state index contributed by atoms with van der Waals surface area (Å²) in [5.41, 5.74) is 6.93. The average molecular weight is 282 g/mol. The van der Waals surface area contributed by atoms with Crippen LogP contribution in [0.2, 0.25) is 0 Å². The molecular formula is C12H14N2O2S2. The fourth-order valence-electron chi connectivity index (χ4n) is 1.55. The smallest absolute Gasteiger partial charge is 0.184 e. The Kier molecular flexibility index (Phi) is 3.41. The number of benzene rings is 1. The maximum Gasteiger partial charge on any atom is 0.184 e. The van der Waals surface area contributed by atoms with Crippen molar-refractivity contribution in [3.05, 3.63) is 39.8 Å². The fourth-order valence-corrected chi connectivity index (χ4v) is 4.14. The van der Waals surface area contributed by atoms with E-state index < -0.39 is 9.84 Å². The third-order valence-electron chi connectivity index (χ3n) is 2.60. The molecule has 96 valence electrons. The first-order chi connectivity index (χ1) is 8.38. The Morgan fingerprint density at radius 1 is 1.33 bits per heavy atom. The number of aryl methyl sites for hydroxylation is 2. The van der Waals surface area contributed by atoms with Crippen LogP contribution in [-0.4, -0.2) is 13.4 Å². The normalized spacial score (nSPS) is 11.7. The molecule has 1 heterocycles. The van der Waals surface area contributed by atoms with Gasteiger partial charge in [0.05, 0.1) is 10.6 Å². The molecule has 0 aliphatic carbocycles. The van der Waals surface area contributed by atoms with Crippen molar-refractivity contribution in [2.24, 2.45) is 0 Å². The molecule has 1 aromatic carbocycles. The summed E-state index contributed by atoms with van der Waals surface area (Å²) in [6.07, 6.45) is 0. The molecule has 18 heavy (non-hydrogen) atoms. The van der Waals surface area contributed by atoms with Crippen molar-refractivity contribution in [1.29, 1.82) is 0 Å². The van der Waals surface area contributed by atoms with Gasteiger partial charge in [-0.15, -0.1) is 11.3 Å². The van der Waals surface area contributed by atoms with Crippen molar-refractivity contribution in [3.63, 3.8) is 0 Å². The SMILES string of the molecule is Cc1nc(CS(=O)(=O)c2cccc(N)c2)sc1C. The van der Waals surface area contributed by atoms with Crippen molar-refractivity contribution in [2.45, 2.75) is 24.5 Å². The van der Waals surface area contributed by atoms with Gasteiger partial charge in [0.25, 0.3) is 0 Å². The Bertz CT molecular complexity index is 656. The van der Waals surface area contributed by atoms with Gasteiger partial charge in [0, 0.05) is 10.6 Å². The average Bonchev–Trinajstić information content (AvgIpc) is 2.57. The molecule has 0 atom stereocenters. The molecule has 0 saturated carbocycles. The zero-order valence-electron chi connectivity index (χ0n) is 10.2. The van der Waals surface area contributed by atoms with Crippen LogP contribution in [0.25, 0.3) is 0 Å². The van der Waals surface area contributed by atoms with Crippen molar-refractivity contribution in [2.75, 3.05) is 5.73 Å². The van der Waals surface area contributed by atoms with Crippen LogP contribution in [0.5, 0.6) is 0 Å². The molecule has 2 rings (SSSR count). The Morgan fingerprint density at radius 2 is 2.06 bits per heavy atom. The van der Waals surface area contributed by atoms with Crippen LogP contribution in [0.4, 0.5) is 5.69 Å². The summed E-state index contributed by atoms with van der Waals surface area (Å²) in [5.74, 6) is -0.0736. The van der Waals surface area contributed by atoms with Crippen LogP contribution < -0.4 is 5.73 Å². The van der Waals surface area contributed by atoms with E-state index in [1.165, 1.54) is 17.4 Å². The van der Waals surface area contributed by atoms with E-state index in [1.54, 1.807) is 18.2 Å². The zero-order chi connectivity index (χ0) is 13.3. The highest BCUT2D eigenvalue weighted by atomic mass is 32.2. The number of nitrogens with two attached hydrogens (primary N) is 1. The van der Waals surface area contributed by atoms with Crippen LogP contribution in [0, 0.1) is 13.8 Å². The summed E-state index contributed by atoms with van der Waals surface area (Å²) >= 11 is 1.42. The number of hydrogen-bond donors (Lipinski definition) is 1. The summed E-state index contributed by atoms with van der Waals surface area (Å²) in [4.78, 5) is 5.54. The molecular weight excluding hydrogens is 268 g/mol. The lowest BCUT2D eigenvalue weighted by Gasteiger charge is -2.03. The third-order valence-corrected chi connectivity index (χ3v) is 5.48.